The summed E-state index contributed by atoms with van der Waals surface area (Å²) in [7, 11) is 2.17. The van der Waals surface area contributed by atoms with Crippen LogP contribution in [-0.4, -0.2) is 44.1 Å². The highest BCUT2D eigenvalue weighted by Gasteiger charge is 2.31. The molecule has 0 bridgehead atoms. The molecule has 0 amide bonds. The summed E-state index contributed by atoms with van der Waals surface area (Å²) in [4.78, 5) is 2.34. The summed E-state index contributed by atoms with van der Waals surface area (Å²) >= 11 is 0. The highest BCUT2D eigenvalue weighted by Crippen LogP contribution is 2.27. The van der Waals surface area contributed by atoms with Crippen molar-refractivity contribution in [2.75, 3.05) is 38.3 Å². The van der Waals surface area contributed by atoms with Crippen LogP contribution < -0.4 is 10.2 Å². The first-order chi connectivity index (χ1) is 10.2. The Balaban J connectivity index is 1.67. The summed E-state index contributed by atoms with van der Waals surface area (Å²) in [5.41, 5.74) is 3.97. The zero-order valence-electron chi connectivity index (χ0n) is 12.9. The van der Waals surface area contributed by atoms with E-state index in [0.717, 1.165) is 39.1 Å². The molecule has 0 saturated carbocycles. The normalized spacial score (nSPS) is 21.1. The Bertz CT molecular complexity index is 484. The third kappa shape index (κ3) is 3.23. The molecule has 4 nitrogen and oxygen atoms in total. The van der Waals surface area contributed by atoms with Crippen molar-refractivity contribution in [3.05, 3.63) is 29.3 Å². The van der Waals surface area contributed by atoms with E-state index in [1.807, 2.05) is 0 Å². The summed E-state index contributed by atoms with van der Waals surface area (Å²) in [5, 5.41) is 13.3. The van der Waals surface area contributed by atoms with Gasteiger partial charge in [0.1, 0.15) is 0 Å². The minimum absolute atomic E-state index is 0.162. The Hall–Kier alpha value is -1.10. The van der Waals surface area contributed by atoms with Crippen molar-refractivity contribution in [1.29, 1.82) is 0 Å². The number of nitrogens with zero attached hydrogens (tertiary/aromatic N) is 1. The molecule has 21 heavy (non-hydrogen) atoms. The fraction of sp³-hybridized carbons (Fsp3) is 0.647. The predicted molar refractivity (Wildman–Crippen MR) is 84.7 cm³/mol. The Morgan fingerprint density at radius 1 is 1.33 bits per heavy atom. The molecule has 1 fully saturated rings. The minimum Gasteiger partial charge on any atom is -0.394 e. The van der Waals surface area contributed by atoms with Gasteiger partial charge < -0.3 is 20.1 Å². The Morgan fingerprint density at radius 3 is 2.90 bits per heavy atom. The van der Waals surface area contributed by atoms with Crippen molar-refractivity contribution >= 4 is 5.69 Å². The molecule has 1 saturated heterocycles. The lowest BCUT2D eigenvalue weighted by Crippen LogP contribution is -2.51. The first-order valence-electron chi connectivity index (χ1n) is 7.99. The Labute approximate surface area is 127 Å². The maximum absolute atomic E-state index is 9.72. The molecule has 1 aromatic rings. The van der Waals surface area contributed by atoms with E-state index in [2.05, 4.69) is 35.5 Å². The van der Waals surface area contributed by atoms with Crippen LogP contribution in [0.25, 0.3) is 0 Å². The number of hydrogen-bond donors (Lipinski definition) is 2. The summed E-state index contributed by atoms with van der Waals surface area (Å²) in [6.07, 6.45) is 4.18. The van der Waals surface area contributed by atoms with E-state index in [9.17, 15) is 5.11 Å². The van der Waals surface area contributed by atoms with E-state index < -0.39 is 0 Å². The molecule has 0 unspecified atom stereocenters. The minimum atomic E-state index is -0.162. The van der Waals surface area contributed by atoms with Gasteiger partial charge in [0, 0.05) is 44.6 Å². The summed E-state index contributed by atoms with van der Waals surface area (Å²) < 4.78 is 5.41. The standard InChI is InChI=1S/C17H26N2O2/c1-19-8-2-3-15-11-14(4-5-16(15)19)12-18-17(13-20)6-9-21-10-7-17/h4-5,11,18,20H,2-3,6-10,12-13H2,1H3. The maximum Gasteiger partial charge on any atom is 0.0615 e. The Morgan fingerprint density at radius 2 is 2.14 bits per heavy atom. The first-order valence-corrected chi connectivity index (χ1v) is 7.99. The molecule has 2 aliphatic heterocycles. The summed E-state index contributed by atoms with van der Waals surface area (Å²) in [5.74, 6) is 0. The summed E-state index contributed by atoms with van der Waals surface area (Å²) in [6.45, 7) is 3.63. The van der Waals surface area contributed by atoms with E-state index in [-0.39, 0.29) is 12.1 Å². The molecule has 0 spiro atoms. The van der Waals surface area contributed by atoms with E-state index in [1.165, 1.54) is 29.7 Å². The molecule has 2 N–H and O–H groups in total. The number of benzene rings is 1. The van der Waals surface area contributed by atoms with Gasteiger partial charge >= 0.3 is 0 Å². The van der Waals surface area contributed by atoms with Crippen molar-refractivity contribution in [2.45, 2.75) is 37.8 Å². The van der Waals surface area contributed by atoms with Crippen LogP contribution in [0.3, 0.4) is 0 Å². The number of aliphatic hydroxyl groups is 1. The van der Waals surface area contributed by atoms with Gasteiger partial charge in [0.05, 0.1) is 6.61 Å². The highest BCUT2D eigenvalue weighted by molar-refractivity contribution is 5.56. The monoisotopic (exact) mass is 290 g/mol. The zero-order chi connectivity index (χ0) is 14.7. The summed E-state index contributed by atoms with van der Waals surface area (Å²) in [6, 6.07) is 6.77. The van der Waals surface area contributed by atoms with Gasteiger partial charge in [-0.25, -0.2) is 0 Å². The average Bonchev–Trinajstić information content (AvgIpc) is 2.54. The predicted octanol–water partition coefficient (Wildman–Crippen LogP) is 1.70. The SMILES string of the molecule is CN1CCCc2cc(CNC3(CO)CCOCC3)ccc21. The van der Waals surface area contributed by atoms with Crippen molar-refractivity contribution < 1.29 is 9.84 Å². The van der Waals surface area contributed by atoms with Gasteiger partial charge in [-0.3, -0.25) is 0 Å². The number of aryl methyl sites for hydroxylation is 1. The van der Waals surface area contributed by atoms with E-state index >= 15 is 0 Å². The smallest absolute Gasteiger partial charge is 0.0615 e. The number of anilines is 1. The lowest BCUT2D eigenvalue weighted by atomic mass is 9.90. The molecule has 0 radical (unpaired) electrons. The van der Waals surface area contributed by atoms with Gasteiger partial charge in [0.15, 0.2) is 0 Å². The Kier molecular flexibility index (Phi) is 4.48. The number of nitrogens with one attached hydrogen (secondary N) is 1. The van der Waals surface area contributed by atoms with Gasteiger partial charge in [-0.1, -0.05) is 12.1 Å². The second-order valence-corrected chi connectivity index (χ2v) is 6.39. The molecule has 2 aliphatic rings. The molecule has 4 heteroatoms. The van der Waals surface area contributed by atoms with Gasteiger partial charge in [0.2, 0.25) is 0 Å². The lowest BCUT2D eigenvalue weighted by Gasteiger charge is -2.36. The number of ether oxygens (including phenoxy) is 1. The van der Waals surface area contributed by atoms with Crippen LogP contribution in [0.5, 0.6) is 0 Å². The molecule has 0 atom stereocenters. The fourth-order valence-corrected chi connectivity index (χ4v) is 3.39. The third-order valence-corrected chi connectivity index (χ3v) is 4.91. The van der Waals surface area contributed by atoms with Crippen LogP contribution in [0.1, 0.15) is 30.4 Å². The third-order valence-electron chi connectivity index (χ3n) is 4.91. The number of hydrogen-bond acceptors (Lipinski definition) is 4. The molecule has 2 heterocycles. The second-order valence-electron chi connectivity index (χ2n) is 6.39. The van der Waals surface area contributed by atoms with Crippen LogP contribution in [0.4, 0.5) is 5.69 Å². The van der Waals surface area contributed by atoms with Gasteiger partial charge in [-0.15, -0.1) is 0 Å². The molecule has 0 aromatic heterocycles. The van der Waals surface area contributed by atoms with Crippen molar-refractivity contribution in [2.24, 2.45) is 0 Å². The van der Waals surface area contributed by atoms with Crippen LogP contribution in [0.15, 0.2) is 18.2 Å². The maximum atomic E-state index is 9.72. The van der Waals surface area contributed by atoms with E-state index in [4.69, 9.17) is 4.74 Å². The van der Waals surface area contributed by atoms with Crippen molar-refractivity contribution in [3.8, 4) is 0 Å². The first kappa shape index (κ1) is 14.8. The van der Waals surface area contributed by atoms with Crippen molar-refractivity contribution in [3.63, 3.8) is 0 Å². The molecular weight excluding hydrogens is 264 g/mol. The van der Waals surface area contributed by atoms with Crippen LogP contribution in [0.2, 0.25) is 0 Å². The van der Waals surface area contributed by atoms with E-state index in [1.54, 1.807) is 0 Å². The van der Waals surface area contributed by atoms with Crippen LogP contribution in [0, 0.1) is 0 Å². The number of aliphatic hydroxyl groups excluding tert-OH is 1. The van der Waals surface area contributed by atoms with Crippen molar-refractivity contribution in [1.82, 2.24) is 5.32 Å². The van der Waals surface area contributed by atoms with E-state index in [0.29, 0.717) is 0 Å². The largest absolute Gasteiger partial charge is 0.394 e. The number of fused-ring (bicyclic) bond motifs is 1. The van der Waals surface area contributed by atoms with Gasteiger partial charge in [0.25, 0.3) is 0 Å². The average molecular weight is 290 g/mol. The molecule has 1 aromatic carbocycles. The number of rotatable bonds is 4. The zero-order valence-corrected chi connectivity index (χ0v) is 12.9. The second kappa shape index (κ2) is 6.34. The molecule has 116 valence electrons. The van der Waals surface area contributed by atoms with Gasteiger partial charge in [-0.2, -0.15) is 0 Å². The van der Waals surface area contributed by atoms with Gasteiger partial charge in [-0.05, 0) is 42.9 Å². The quantitative estimate of drug-likeness (QED) is 0.886. The fourth-order valence-electron chi connectivity index (χ4n) is 3.39. The lowest BCUT2D eigenvalue weighted by molar-refractivity contribution is 0.0111. The van der Waals surface area contributed by atoms with Crippen LogP contribution in [-0.2, 0) is 17.7 Å². The molecule has 3 rings (SSSR count). The molecule has 0 aliphatic carbocycles. The highest BCUT2D eigenvalue weighted by atomic mass is 16.5. The molecular formula is C17H26N2O2. The van der Waals surface area contributed by atoms with Crippen LogP contribution >= 0.6 is 0 Å². The topological polar surface area (TPSA) is 44.7 Å².